The van der Waals surface area contributed by atoms with Gasteiger partial charge in [-0.3, -0.25) is 9.69 Å². The van der Waals surface area contributed by atoms with Crippen molar-refractivity contribution in [2.24, 2.45) is 0 Å². The summed E-state index contributed by atoms with van der Waals surface area (Å²) in [5.41, 5.74) is 4.45. The van der Waals surface area contributed by atoms with Gasteiger partial charge in [0.05, 0.1) is 11.2 Å². The Balaban J connectivity index is 1.24. The lowest BCUT2D eigenvalue weighted by atomic mass is 10.2. The van der Waals surface area contributed by atoms with Crippen molar-refractivity contribution in [3.63, 3.8) is 0 Å². The zero-order chi connectivity index (χ0) is 20.2. The first-order valence-electron chi connectivity index (χ1n) is 10.2. The summed E-state index contributed by atoms with van der Waals surface area (Å²) in [5, 5.41) is 4.25. The fourth-order valence-electron chi connectivity index (χ4n) is 3.87. The highest BCUT2D eigenvalue weighted by molar-refractivity contribution is 5.92. The number of rotatable bonds is 6. The molecule has 0 aliphatic carbocycles. The Labute approximate surface area is 172 Å². The Morgan fingerprint density at radius 2 is 1.79 bits per heavy atom. The minimum Gasteiger partial charge on any atom is -0.378 e. The van der Waals surface area contributed by atoms with E-state index in [9.17, 15) is 4.79 Å². The highest BCUT2D eigenvalue weighted by Gasteiger charge is 2.19. The van der Waals surface area contributed by atoms with E-state index in [0.717, 1.165) is 44.1 Å². The van der Waals surface area contributed by atoms with Gasteiger partial charge in [-0.05, 0) is 36.4 Å². The van der Waals surface area contributed by atoms with Crippen molar-refractivity contribution in [3.8, 4) is 0 Å². The molecule has 1 amide bonds. The summed E-state index contributed by atoms with van der Waals surface area (Å²) >= 11 is 0. The first kappa shape index (κ1) is 19.3. The van der Waals surface area contributed by atoms with Gasteiger partial charge < -0.3 is 20.1 Å². The van der Waals surface area contributed by atoms with Crippen molar-refractivity contribution in [2.75, 3.05) is 61.9 Å². The minimum absolute atomic E-state index is 0.0705. The molecule has 1 aliphatic heterocycles. The summed E-state index contributed by atoms with van der Waals surface area (Å²) in [6, 6.07) is 16.5. The first-order chi connectivity index (χ1) is 14.1. The second-order valence-electron chi connectivity index (χ2n) is 7.79. The summed E-state index contributed by atoms with van der Waals surface area (Å²) < 4.78 is 0. The van der Waals surface area contributed by atoms with Crippen LogP contribution in [0, 0.1) is 0 Å². The summed E-state index contributed by atoms with van der Waals surface area (Å²) in [4.78, 5) is 22.5. The number of benzene rings is 2. The van der Waals surface area contributed by atoms with Crippen LogP contribution >= 0.6 is 0 Å². The molecule has 0 saturated carbocycles. The standard InChI is InChI=1S/C23H29N5O/c1-26(2)20-8-6-19(7-9-20)25-22(29)11-13-27-14-16-28(17-15-27)21-5-3-4-18-10-12-24-23(18)21/h3-10,12,24H,11,13-17H2,1-2H3,(H,25,29). The number of hydrogen-bond acceptors (Lipinski definition) is 4. The van der Waals surface area contributed by atoms with E-state index in [2.05, 4.69) is 44.4 Å². The van der Waals surface area contributed by atoms with Gasteiger partial charge in [-0.15, -0.1) is 0 Å². The molecule has 3 aromatic rings. The first-order valence-corrected chi connectivity index (χ1v) is 10.2. The molecule has 2 aromatic carbocycles. The smallest absolute Gasteiger partial charge is 0.225 e. The van der Waals surface area contributed by atoms with Crippen LogP contribution in [0.4, 0.5) is 17.1 Å². The second kappa shape index (κ2) is 8.57. The summed E-state index contributed by atoms with van der Waals surface area (Å²) in [7, 11) is 4.01. The number of piperazine rings is 1. The topological polar surface area (TPSA) is 54.6 Å². The molecule has 0 atom stereocenters. The van der Waals surface area contributed by atoms with Gasteiger partial charge in [0, 0.05) is 76.2 Å². The molecule has 1 fully saturated rings. The van der Waals surface area contributed by atoms with E-state index >= 15 is 0 Å². The number of fused-ring (bicyclic) bond motifs is 1. The SMILES string of the molecule is CN(C)c1ccc(NC(=O)CCN2CCN(c3cccc4cc[nH]c34)CC2)cc1. The molecule has 152 valence electrons. The monoisotopic (exact) mass is 391 g/mol. The van der Waals surface area contributed by atoms with Crippen LogP contribution < -0.4 is 15.1 Å². The lowest BCUT2D eigenvalue weighted by Gasteiger charge is -2.36. The Morgan fingerprint density at radius 1 is 1.03 bits per heavy atom. The molecular formula is C23H29N5O. The van der Waals surface area contributed by atoms with Crippen molar-refractivity contribution in [1.82, 2.24) is 9.88 Å². The molecule has 1 saturated heterocycles. The summed E-state index contributed by atoms with van der Waals surface area (Å²) in [6.45, 7) is 4.70. The van der Waals surface area contributed by atoms with E-state index in [1.807, 2.05) is 49.5 Å². The van der Waals surface area contributed by atoms with Crippen LogP contribution in [-0.4, -0.2) is 62.6 Å². The molecule has 6 heteroatoms. The van der Waals surface area contributed by atoms with Gasteiger partial charge in [0.25, 0.3) is 0 Å². The molecular weight excluding hydrogens is 362 g/mol. The Morgan fingerprint density at radius 3 is 2.52 bits per heavy atom. The maximum Gasteiger partial charge on any atom is 0.225 e. The van der Waals surface area contributed by atoms with Gasteiger partial charge in [-0.25, -0.2) is 0 Å². The third-order valence-electron chi connectivity index (χ3n) is 5.60. The Hall–Kier alpha value is -2.99. The number of amides is 1. The molecule has 1 aliphatic rings. The maximum atomic E-state index is 12.3. The number of aromatic nitrogens is 1. The molecule has 1 aromatic heterocycles. The van der Waals surface area contributed by atoms with E-state index in [1.165, 1.54) is 16.6 Å². The van der Waals surface area contributed by atoms with E-state index in [1.54, 1.807) is 0 Å². The number of para-hydroxylation sites is 1. The van der Waals surface area contributed by atoms with Crippen LogP contribution in [0.2, 0.25) is 0 Å². The Bertz CT molecular complexity index is 955. The van der Waals surface area contributed by atoms with Crippen molar-refractivity contribution in [3.05, 3.63) is 54.7 Å². The van der Waals surface area contributed by atoms with Crippen LogP contribution in [0.1, 0.15) is 6.42 Å². The van der Waals surface area contributed by atoms with Crippen molar-refractivity contribution >= 4 is 33.9 Å². The molecule has 2 N–H and O–H groups in total. The minimum atomic E-state index is 0.0705. The van der Waals surface area contributed by atoms with Crippen molar-refractivity contribution in [2.45, 2.75) is 6.42 Å². The van der Waals surface area contributed by atoms with Crippen LogP contribution in [0.3, 0.4) is 0 Å². The van der Waals surface area contributed by atoms with E-state index < -0.39 is 0 Å². The number of nitrogens with zero attached hydrogens (tertiary/aromatic N) is 3. The largest absolute Gasteiger partial charge is 0.378 e. The van der Waals surface area contributed by atoms with Crippen LogP contribution in [0.15, 0.2) is 54.7 Å². The van der Waals surface area contributed by atoms with Crippen molar-refractivity contribution in [1.29, 1.82) is 0 Å². The molecule has 0 unspecified atom stereocenters. The molecule has 4 rings (SSSR count). The normalized spacial score (nSPS) is 14.9. The average molecular weight is 392 g/mol. The third kappa shape index (κ3) is 4.54. The van der Waals surface area contributed by atoms with E-state index in [-0.39, 0.29) is 5.91 Å². The fourth-order valence-corrected chi connectivity index (χ4v) is 3.87. The van der Waals surface area contributed by atoms with Crippen LogP contribution in [0.5, 0.6) is 0 Å². The average Bonchev–Trinajstić information content (AvgIpc) is 3.22. The summed E-state index contributed by atoms with van der Waals surface area (Å²) in [5.74, 6) is 0.0705. The molecule has 6 nitrogen and oxygen atoms in total. The number of carbonyl (C=O) groups excluding carboxylic acids is 1. The Kier molecular flexibility index (Phi) is 5.71. The quantitative estimate of drug-likeness (QED) is 0.676. The predicted octanol–water partition coefficient (Wildman–Crippen LogP) is 3.38. The maximum absolute atomic E-state index is 12.3. The van der Waals surface area contributed by atoms with Gasteiger partial charge in [0.15, 0.2) is 0 Å². The lowest BCUT2D eigenvalue weighted by molar-refractivity contribution is -0.116. The molecule has 0 bridgehead atoms. The molecule has 2 heterocycles. The molecule has 0 radical (unpaired) electrons. The van der Waals surface area contributed by atoms with Gasteiger partial charge in [0.1, 0.15) is 0 Å². The number of anilines is 3. The summed E-state index contributed by atoms with van der Waals surface area (Å²) in [6.07, 6.45) is 2.51. The molecule has 0 spiro atoms. The second-order valence-corrected chi connectivity index (χ2v) is 7.79. The zero-order valence-electron chi connectivity index (χ0n) is 17.2. The highest BCUT2D eigenvalue weighted by atomic mass is 16.1. The third-order valence-corrected chi connectivity index (χ3v) is 5.60. The van der Waals surface area contributed by atoms with E-state index in [4.69, 9.17) is 0 Å². The fraction of sp³-hybridized carbons (Fsp3) is 0.348. The van der Waals surface area contributed by atoms with Crippen LogP contribution in [0.25, 0.3) is 10.9 Å². The number of H-pyrrole nitrogens is 1. The predicted molar refractivity (Wildman–Crippen MR) is 121 cm³/mol. The van der Waals surface area contributed by atoms with Crippen molar-refractivity contribution < 1.29 is 4.79 Å². The highest BCUT2D eigenvalue weighted by Crippen LogP contribution is 2.26. The number of carbonyl (C=O) groups is 1. The van der Waals surface area contributed by atoms with Gasteiger partial charge in [-0.2, -0.15) is 0 Å². The van der Waals surface area contributed by atoms with Crippen LogP contribution in [-0.2, 0) is 4.79 Å². The number of hydrogen-bond donors (Lipinski definition) is 2. The van der Waals surface area contributed by atoms with Gasteiger partial charge in [-0.1, -0.05) is 12.1 Å². The van der Waals surface area contributed by atoms with Gasteiger partial charge >= 0.3 is 0 Å². The number of aromatic amines is 1. The molecule has 29 heavy (non-hydrogen) atoms. The van der Waals surface area contributed by atoms with E-state index in [0.29, 0.717) is 6.42 Å². The zero-order valence-corrected chi connectivity index (χ0v) is 17.2. The van der Waals surface area contributed by atoms with Gasteiger partial charge in [0.2, 0.25) is 5.91 Å². The lowest BCUT2D eigenvalue weighted by Crippen LogP contribution is -2.47. The number of nitrogens with one attached hydrogen (secondary N) is 2.